The number of nitrogens with one attached hydrogen (secondary N) is 1. The summed E-state index contributed by atoms with van der Waals surface area (Å²) < 4.78 is 0. The fourth-order valence-electron chi connectivity index (χ4n) is 3.87. The fourth-order valence-corrected chi connectivity index (χ4v) is 3.87. The summed E-state index contributed by atoms with van der Waals surface area (Å²) in [6.45, 7) is 3.21. The molecule has 2 aromatic rings. The predicted octanol–water partition coefficient (Wildman–Crippen LogP) is 4.03. The number of benzene rings is 2. The smallest absolute Gasteiger partial charge is 0.0121 e. The van der Waals surface area contributed by atoms with E-state index < -0.39 is 0 Å². The Morgan fingerprint density at radius 3 is 2.57 bits per heavy atom. The molecule has 0 spiro atoms. The molecule has 0 fully saturated rings. The van der Waals surface area contributed by atoms with Crippen molar-refractivity contribution in [2.75, 3.05) is 13.6 Å². The van der Waals surface area contributed by atoms with Crippen LogP contribution in [0.3, 0.4) is 0 Å². The van der Waals surface area contributed by atoms with E-state index in [0.29, 0.717) is 0 Å². The first-order valence-electron chi connectivity index (χ1n) is 8.02. The Balaban J connectivity index is 1.99. The lowest BCUT2D eigenvalue weighted by Gasteiger charge is -2.39. The highest BCUT2D eigenvalue weighted by Crippen LogP contribution is 2.39. The van der Waals surface area contributed by atoms with Crippen LogP contribution in [0.15, 0.2) is 48.5 Å². The highest BCUT2D eigenvalue weighted by atomic mass is 14.8. The predicted molar refractivity (Wildman–Crippen MR) is 89.9 cm³/mol. The molecule has 0 aliphatic heterocycles. The van der Waals surface area contributed by atoms with Crippen molar-refractivity contribution >= 4 is 0 Å². The molecular formula is C20H25N. The minimum Gasteiger partial charge on any atom is -0.319 e. The van der Waals surface area contributed by atoms with Gasteiger partial charge in [0.25, 0.3) is 0 Å². The van der Waals surface area contributed by atoms with Gasteiger partial charge >= 0.3 is 0 Å². The molecule has 0 radical (unpaired) electrons. The Morgan fingerprint density at radius 1 is 1.05 bits per heavy atom. The summed E-state index contributed by atoms with van der Waals surface area (Å²) in [6.07, 6.45) is 4.93. The summed E-state index contributed by atoms with van der Waals surface area (Å²) >= 11 is 0. The van der Waals surface area contributed by atoms with Gasteiger partial charge in [0.15, 0.2) is 0 Å². The first kappa shape index (κ1) is 14.3. The van der Waals surface area contributed by atoms with Crippen molar-refractivity contribution in [1.29, 1.82) is 0 Å². The molecule has 1 atom stereocenters. The van der Waals surface area contributed by atoms with Gasteiger partial charge in [-0.1, -0.05) is 54.1 Å². The Labute approximate surface area is 128 Å². The summed E-state index contributed by atoms with van der Waals surface area (Å²) in [5, 5.41) is 3.45. The molecule has 2 aromatic carbocycles. The molecule has 0 heterocycles. The maximum Gasteiger partial charge on any atom is 0.0121 e. The Hall–Kier alpha value is -1.60. The van der Waals surface area contributed by atoms with Crippen LogP contribution in [0.25, 0.3) is 0 Å². The van der Waals surface area contributed by atoms with Crippen LogP contribution in [-0.2, 0) is 18.3 Å². The van der Waals surface area contributed by atoms with Crippen molar-refractivity contribution in [2.24, 2.45) is 0 Å². The molecule has 0 aromatic heterocycles. The van der Waals surface area contributed by atoms with Gasteiger partial charge in [-0.2, -0.15) is 0 Å². The Bertz CT molecular complexity index is 599. The van der Waals surface area contributed by atoms with Crippen LogP contribution in [0.4, 0.5) is 0 Å². The third-order valence-electron chi connectivity index (χ3n) is 4.87. The number of fused-ring (bicyclic) bond motifs is 1. The Kier molecular flexibility index (Phi) is 4.12. The van der Waals surface area contributed by atoms with E-state index >= 15 is 0 Å². The zero-order valence-electron chi connectivity index (χ0n) is 13.2. The van der Waals surface area contributed by atoms with Gasteiger partial charge in [-0.3, -0.25) is 0 Å². The lowest BCUT2D eigenvalue weighted by molar-refractivity contribution is 0.345. The second-order valence-corrected chi connectivity index (χ2v) is 6.48. The first-order chi connectivity index (χ1) is 10.2. The molecule has 0 saturated heterocycles. The van der Waals surface area contributed by atoms with Gasteiger partial charge in [0.05, 0.1) is 0 Å². The highest BCUT2D eigenvalue weighted by molar-refractivity contribution is 5.39. The highest BCUT2D eigenvalue weighted by Gasteiger charge is 2.35. The van der Waals surface area contributed by atoms with E-state index in [1.54, 1.807) is 11.1 Å². The SMILES string of the molecule is CNCC1(Cc2ccc(C)cc2)CCCc2ccccc21. The van der Waals surface area contributed by atoms with Gasteiger partial charge < -0.3 is 5.32 Å². The normalized spacial score (nSPS) is 21.0. The third kappa shape index (κ3) is 2.89. The number of likely N-dealkylation sites (N-methyl/N-ethyl adjacent to an activating group) is 1. The molecule has 1 N–H and O–H groups in total. The van der Waals surface area contributed by atoms with Crippen LogP contribution in [0.1, 0.15) is 35.1 Å². The molecule has 1 nitrogen and oxygen atoms in total. The average Bonchev–Trinajstić information content (AvgIpc) is 2.51. The molecule has 1 heteroatoms. The minimum absolute atomic E-state index is 0.249. The molecule has 3 rings (SSSR count). The molecule has 1 unspecified atom stereocenters. The van der Waals surface area contributed by atoms with Gasteiger partial charge in [0.1, 0.15) is 0 Å². The van der Waals surface area contributed by atoms with Crippen molar-refractivity contribution < 1.29 is 0 Å². The lowest BCUT2D eigenvalue weighted by Crippen LogP contribution is -2.41. The summed E-state index contributed by atoms with van der Waals surface area (Å²) in [7, 11) is 2.08. The molecule has 0 bridgehead atoms. The Morgan fingerprint density at radius 2 is 1.81 bits per heavy atom. The van der Waals surface area contributed by atoms with Gasteiger partial charge in [-0.25, -0.2) is 0 Å². The molecular weight excluding hydrogens is 254 g/mol. The second kappa shape index (κ2) is 6.03. The molecule has 1 aliphatic rings. The maximum atomic E-state index is 3.45. The van der Waals surface area contributed by atoms with E-state index in [2.05, 4.69) is 67.8 Å². The van der Waals surface area contributed by atoms with Crippen molar-refractivity contribution in [3.05, 3.63) is 70.8 Å². The molecule has 0 saturated carbocycles. The summed E-state index contributed by atoms with van der Waals surface area (Å²) in [6, 6.07) is 18.1. The zero-order valence-corrected chi connectivity index (χ0v) is 13.2. The number of hydrogen-bond donors (Lipinski definition) is 1. The van der Waals surface area contributed by atoms with E-state index in [9.17, 15) is 0 Å². The molecule has 0 amide bonds. The molecule has 21 heavy (non-hydrogen) atoms. The quantitative estimate of drug-likeness (QED) is 0.891. The zero-order chi connectivity index (χ0) is 14.7. The van der Waals surface area contributed by atoms with Gasteiger partial charge in [-0.15, -0.1) is 0 Å². The van der Waals surface area contributed by atoms with E-state index in [1.165, 1.54) is 30.4 Å². The van der Waals surface area contributed by atoms with Crippen LogP contribution in [-0.4, -0.2) is 13.6 Å². The molecule has 110 valence electrons. The topological polar surface area (TPSA) is 12.0 Å². The van der Waals surface area contributed by atoms with Gasteiger partial charge in [0.2, 0.25) is 0 Å². The minimum atomic E-state index is 0.249. The van der Waals surface area contributed by atoms with Crippen molar-refractivity contribution in [3.63, 3.8) is 0 Å². The van der Waals surface area contributed by atoms with Crippen LogP contribution in [0.2, 0.25) is 0 Å². The van der Waals surface area contributed by atoms with Crippen LogP contribution < -0.4 is 5.32 Å². The standard InChI is InChI=1S/C20H25N/c1-16-9-11-17(12-10-16)14-20(15-21-2)13-5-7-18-6-3-4-8-19(18)20/h3-4,6,8-12,21H,5,7,13-15H2,1-2H3. The van der Waals surface area contributed by atoms with Crippen LogP contribution in [0, 0.1) is 6.92 Å². The summed E-state index contributed by atoms with van der Waals surface area (Å²) in [5.74, 6) is 0. The number of aryl methyl sites for hydroxylation is 2. The second-order valence-electron chi connectivity index (χ2n) is 6.48. The largest absolute Gasteiger partial charge is 0.319 e. The first-order valence-corrected chi connectivity index (χ1v) is 8.02. The molecule has 1 aliphatic carbocycles. The lowest BCUT2D eigenvalue weighted by atomic mass is 9.66. The van der Waals surface area contributed by atoms with Crippen molar-refractivity contribution in [3.8, 4) is 0 Å². The van der Waals surface area contributed by atoms with Crippen LogP contribution >= 0.6 is 0 Å². The number of hydrogen-bond acceptors (Lipinski definition) is 1. The summed E-state index contributed by atoms with van der Waals surface area (Å²) in [4.78, 5) is 0. The fraction of sp³-hybridized carbons (Fsp3) is 0.400. The van der Waals surface area contributed by atoms with Crippen molar-refractivity contribution in [1.82, 2.24) is 5.32 Å². The summed E-state index contributed by atoms with van der Waals surface area (Å²) in [5.41, 5.74) is 6.15. The van der Waals surface area contributed by atoms with E-state index in [-0.39, 0.29) is 5.41 Å². The van der Waals surface area contributed by atoms with E-state index in [1.807, 2.05) is 0 Å². The van der Waals surface area contributed by atoms with Gasteiger partial charge in [0, 0.05) is 12.0 Å². The number of rotatable bonds is 4. The maximum absolute atomic E-state index is 3.45. The average molecular weight is 279 g/mol. The van der Waals surface area contributed by atoms with E-state index in [0.717, 1.165) is 13.0 Å². The monoisotopic (exact) mass is 279 g/mol. The third-order valence-corrected chi connectivity index (χ3v) is 4.87. The van der Waals surface area contributed by atoms with E-state index in [4.69, 9.17) is 0 Å². The van der Waals surface area contributed by atoms with Crippen LogP contribution in [0.5, 0.6) is 0 Å². The van der Waals surface area contributed by atoms with Gasteiger partial charge in [-0.05, 0) is 56.3 Å². The van der Waals surface area contributed by atoms with Crippen molar-refractivity contribution in [2.45, 2.75) is 38.0 Å².